The smallest absolute Gasteiger partial charge is 0.308 e. The van der Waals surface area contributed by atoms with E-state index in [1.54, 1.807) is 17.0 Å². The molecule has 0 aliphatic carbocycles. The van der Waals surface area contributed by atoms with E-state index in [4.69, 9.17) is 0 Å². The van der Waals surface area contributed by atoms with Gasteiger partial charge in [-0.3, -0.25) is 19.6 Å². The number of aromatic nitrogens is 3. The van der Waals surface area contributed by atoms with E-state index >= 15 is 0 Å². The first-order valence-electron chi connectivity index (χ1n) is 10.5. The third kappa shape index (κ3) is 3.69. The fourth-order valence-corrected chi connectivity index (χ4v) is 4.04. The van der Waals surface area contributed by atoms with Crippen LogP contribution in [0.4, 0.5) is 21.9 Å². The molecule has 9 heteroatoms. The minimum Gasteiger partial charge on any atom is -0.308 e. The number of urea groups is 1. The number of non-ortho nitro benzene ring substituents is 1. The maximum absolute atomic E-state index is 13.3. The molecule has 1 unspecified atom stereocenters. The van der Waals surface area contributed by atoms with Crippen LogP contribution in [0.1, 0.15) is 18.7 Å². The van der Waals surface area contributed by atoms with Crippen molar-refractivity contribution in [3.05, 3.63) is 94.8 Å². The van der Waals surface area contributed by atoms with Gasteiger partial charge in [0.25, 0.3) is 5.69 Å². The number of hydrogen-bond acceptors (Lipinski definition) is 5. The van der Waals surface area contributed by atoms with Crippen molar-refractivity contribution in [2.45, 2.75) is 12.8 Å². The lowest BCUT2D eigenvalue weighted by Gasteiger charge is -2.24. The number of benzene rings is 3. The van der Waals surface area contributed by atoms with Crippen LogP contribution in [0.15, 0.2) is 78.9 Å². The molecule has 0 radical (unpaired) electrons. The zero-order valence-electron chi connectivity index (χ0n) is 17.8. The Morgan fingerprint density at radius 1 is 1.00 bits per heavy atom. The lowest BCUT2D eigenvalue weighted by molar-refractivity contribution is -0.384. The van der Waals surface area contributed by atoms with E-state index in [1.807, 2.05) is 66.1 Å². The Hall–Kier alpha value is -4.53. The zero-order valence-corrected chi connectivity index (χ0v) is 17.8. The van der Waals surface area contributed by atoms with Crippen molar-refractivity contribution in [1.82, 2.24) is 14.8 Å². The first-order valence-corrected chi connectivity index (χ1v) is 10.5. The fourth-order valence-electron chi connectivity index (χ4n) is 4.04. The number of para-hydroxylation sites is 3. The molecule has 33 heavy (non-hydrogen) atoms. The third-order valence-electron chi connectivity index (χ3n) is 5.58. The predicted octanol–water partition coefficient (Wildman–Crippen LogP) is 5.00. The summed E-state index contributed by atoms with van der Waals surface area (Å²) in [5.74, 6) is 1.02. The van der Waals surface area contributed by atoms with Gasteiger partial charge in [0.1, 0.15) is 5.82 Å². The molecule has 3 aromatic carbocycles. The van der Waals surface area contributed by atoms with E-state index in [2.05, 4.69) is 15.5 Å². The molecule has 0 saturated carbocycles. The number of nitro groups is 1. The molecule has 2 amide bonds. The normalized spacial score (nSPS) is 14.7. The average Bonchev–Trinajstić information content (AvgIpc) is 3.23. The van der Waals surface area contributed by atoms with Crippen molar-refractivity contribution < 1.29 is 9.72 Å². The van der Waals surface area contributed by atoms with Crippen molar-refractivity contribution in [2.75, 3.05) is 16.8 Å². The number of carbonyl (C=O) groups excluding carboxylic acids is 1. The predicted molar refractivity (Wildman–Crippen MR) is 125 cm³/mol. The highest BCUT2D eigenvalue weighted by Gasteiger charge is 2.31. The van der Waals surface area contributed by atoms with Crippen molar-refractivity contribution >= 4 is 23.1 Å². The molecule has 0 saturated heterocycles. The maximum atomic E-state index is 13.3. The molecule has 4 aromatic rings. The Morgan fingerprint density at radius 3 is 2.48 bits per heavy atom. The highest BCUT2D eigenvalue weighted by Crippen LogP contribution is 2.37. The Labute approximate surface area is 189 Å². The minimum absolute atomic E-state index is 0.0244. The van der Waals surface area contributed by atoms with E-state index in [1.165, 1.54) is 12.1 Å². The summed E-state index contributed by atoms with van der Waals surface area (Å²) in [6.45, 7) is 2.37. The lowest BCUT2D eigenvalue weighted by atomic mass is 10.1. The molecule has 5 rings (SSSR count). The highest BCUT2D eigenvalue weighted by molar-refractivity contribution is 6.03. The standard InChI is InChI=1S/C24H20N6O3/c1-16-15-28(24(31)25-18-9-3-2-4-10-18)20-12-5-6-13-21(20)29-22(16)26-27-23(29)17-8-7-11-19(14-17)30(32)33/h2-14,16H,15H2,1H3,(H,25,31). The monoisotopic (exact) mass is 440 g/mol. The summed E-state index contributed by atoms with van der Waals surface area (Å²) < 4.78 is 1.88. The molecule has 1 atom stereocenters. The number of nitro benzene ring substituents is 1. The van der Waals surface area contributed by atoms with Gasteiger partial charge < -0.3 is 5.32 Å². The van der Waals surface area contributed by atoms with Crippen molar-refractivity contribution in [3.63, 3.8) is 0 Å². The van der Waals surface area contributed by atoms with E-state index in [0.717, 1.165) is 5.69 Å². The molecule has 164 valence electrons. The van der Waals surface area contributed by atoms with Gasteiger partial charge in [0.2, 0.25) is 0 Å². The second-order valence-corrected chi connectivity index (χ2v) is 7.82. The molecule has 1 N–H and O–H groups in total. The van der Waals surface area contributed by atoms with Crippen LogP contribution in [0.25, 0.3) is 17.1 Å². The van der Waals surface area contributed by atoms with Gasteiger partial charge in [-0.1, -0.05) is 49.4 Å². The van der Waals surface area contributed by atoms with E-state index < -0.39 is 4.92 Å². The molecule has 2 heterocycles. The summed E-state index contributed by atoms with van der Waals surface area (Å²) in [7, 11) is 0. The Kier molecular flexibility index (Phi) is 5.06. The molecular formula is C24H20N6O3. The first kappa shape index (κ1) is 20.4. The van der Waals surface area contributed by atoms with Gasteiger partial charge in [0.15, 0.2) is 5.82 Å². The molecule has 0 bridgehead atoms. The topological polar surface area (TPSA) is 106 Å². The molecule has 1 aromatic heterocycles. The average molecular weight is 440 g/mol. The number of hydrogen-bond donors (Lipinski definition) is 1. The largest absolute Gasteiger partial charge is 0.326 e. The fraction of sp³-hybridized carbons (Fsp3) is 0.125. The number of fused-ring (bicyclic) bond motifs is 3. The van der Waals surface area contributed by atoms with Crippen LogP contribution in [-0.2, 0) is 0 Å². The number of carbonyl (C=O) groups is 1. The molecule has 0 spiro atoms. The summed E-state index contributed by atoms with van der Waals surface area (Å²) in [6, 6.07) is 22.9. The van der Waals surface area contributed by atoms with Crippen LogP contribution < -0.4 is 10.2 Å². The van der Waals surface area contributed by atoms with E-state index in [9.17, 15) is 14.9 Å². The van der Waals surface area contributed by atoms with E-state index in [-0.39, 0.29) is 17.6 Å². The molecular weight excluding hydrogens is 420 g/mol. The van der Waals surface area contributed by atoms with Gasteiger partial charge in [-0.2, -0.15) is 0 Å². The number of anilines is 2. The molecule has 9 nitrogen and oxygen atoms in total. The summed E-state index contributed by atoms with van der Waals surface area (Å²) >= 11 is 0. The lowest BCUT2D eigenvalue weighted by Crippen LogP contribution is -2.37. The van der Waals surface area contributed by atoms with Crippen molar-refractivity contribution in [2.24, 2.45) is 0 Å². The van der Waals surface area contributed by atoms with Crippen molar-refractivity contribution in [3.8, 4) is 17.1 Å². The van der Waals surface area contributed by atoms with Gasteiger partial charge in [0, 0.05) is 35.8 Å². The molecule has 1 aliphatic rings. The second-order valence-electron chi connectivity index (χ2n) is 7.82. The highest BCUT2D eigenvalue weighted by atomic mass is 16.6. The molecule has 0 fully saturated rings. The van der Waals surface area contributed by atoms with E-state index in [0.29, 0.717) is 35.1 Å². The SMILES string of the molecule is CC1CN(C(=O)Nc2ccccc2)c2ccccc2-n2c(-c3cccc([N+](=O)[O-])c3)nnc21. The number of nitrogens with zero attached hydrogens (tertiary/aromatic N) is 5. The van der Waals surface area contributed by atoms with Gasteiger partial charge in [-0.25, -0.2) is 4.79 Å². The van der Waals surface area contributed by atoms with Gasteiger partial charge in [-0.05, 0) is 24.3 Å². The maximum Gasteiger partial charge on any atom is 0.326 e. The Bertz CT molecular complexity index is 1350. The first-order chi connectivity index (χ1) is 16.0. The van der Waals surface area contributed by atoms with Crippen LogP contribution in [0, 0.1) is 10.1 Å². The van der Waals surface area contributed by atoms with Gasteiger partial charge in [-0.15, -0.1) is 10.2 Å². The van der Waals surface area contributed by atoms with Crippen LogP contribution in [-0.4, -0.2) is 32.3 Å². The summed E-state index contributed by atoms with van der Waals surface area (Å²) in [5.41, 5.74) is 2.68. The zero-order chi connectivity index (χ0) is 22.9. The Balaban J connectivity index is 1.62. The third-order valence-corrected chi connectivity index (χ3v) is 5.58. The molecule has 1 aliphatic heterocycles. The van der Waals surface area contributed by atoms with Crippen LogP contribution in [0.2, 0.25) is 0 Å². The number of nitrogens with one attached hydrogen (secondary N) is 1. The Morgan fingerprint density at radius 2 is 1.73 bits per heavy atom. The quantitative estimate of drug-likeness (QED) is 0.356. The second kappa shape index (κ2) is 8.19. The van der Waals surface area contributed by atoms with Crippen molar-refractivity contribution in [1.29, 1.82) is 0 Å². The minimum atomic E-state index is -0.435. The van der Waals surface area contributed by atoms with Gasteiger partial charge >= 0.3 is 6.03 Å². The number of rotatable bonds is 3. The van der Waals surface area contributed by atoms with Gasteiger partial charge in [0.05, 0.1) is 16.3 Å². The summed E-state index contributed by atoms with van der Waals surface area (Å²) in [4.78, 5) is 25.8. The van der Waals surface area contributed by atoms with Crippen LogP contribution in [0.3, 0.4) is 0 Å². The summed E-state index contributed by atoms with van der Waals surface area (Å²) in [5, 5.41) is 23.0. The van der Waals surface area contributed by atoms with Crippen LogP contribution >= 0.6 is 0 Å². The summed E-state index contributed by atoms with van der Waals surface area (Å²) in [6.07, 6.45) is 0. The van der Waals surface area contributed by atoms with Crippen LogP contribution in [0.5, 0.6) is 0 Å². The number of amides is 2.